The lowest BCUT2D eigenvalue weighted by Crippen LogP contribution is -2.28. The minimum atomic E-state index is -0.622. The number of aromatic nitrogens is 2. The van der Waals surface area contributed by atoms with Gasteiger partial charge in [0.25, 0.3) is 5.56 Å². The zero-order valence-electron chi connectivity index (χ0n) is 11.7. The lowest BCUT2D eigenvalue weighted by atomic mass is 10.4. The molecule has 0 atom stereocenters. The maximum absolute atomic E-state index is 11.9. The summed E-state index contributed by atoms with van der Waals surface area (Å²) in [6.45, 7) is 1.96. The van der Waals surface area contributed by atoms with Gasteiger partial charge < -0.3 is 14.8 Å². The van der Waals surface area contributed by atoms with Gasteiger partial charge in [-0.1, -0.05) is 11.6 Å². The number of methoxy groups -OCH3 is 1. The van der Waals surface area contributed by atoms with E-state index >= 15 is 0 Å². The van der Waals surface area contributed by atoms with Gasteiger partial charge in [0, 0.05) is 6.54 Å². The predicted molar refractivity (Wildman–Crippen MR) is 75.3 cm³/mol. The van der Waals surface area contributed by atoms with Gasteiger partial charge in [0.15, 0.2) is 0 Å². The number of hydrogen-bond acceptors (Lipinski definition) is 7. The number of esters is 2. The van der Waals surface area contributed by atoms with Crippen LogP contribution in [0.4, 0.5) is 5.69 Å². The van der Waals surface area contributed by atoms with Crippen molar-refractivity contribution in [1.82, 2.24) is 9.78 Å². The molecule has 1 N–H and O–H groups in total. The van der Waals surface area contributed by atoms with Crippen molar-refractivity contribution in [3.63, 3.8) is 0 Å². The Balaban J connectivity index is 2.69. The predicted octanol–water partition coefficient (Wildman–Crippen LogP) is 0.435. The Hall–Kier alpha value is -2.09. The monoisotopic (exact) mass is 317 g/mol. The minimum absolute atomic E-state index is 0.113. The van der Waals surface area contributed by atoms with E-state index in [-0.39, 0.29) is 36.2 Å². The summed E-state index contributed by atoms with van der Waals surface area (Å²) in [5.41, 5.74) is -0.338. The number of anilines is 1. The molecule has 0 aliphatic heterocycles. The molecule has 0 bridgehead atoms. The number of carbonyl (C=O) groups excluding carboxylic acids is 2. The Bertz CT molecular complexity index is 573. The summed E-state index contributed by atoms with van der Waals surface area (Å²) in [6, 6.07) is 0. The van der Waals surface area contributed by atoms with Crippen LogP contribution in [0.5, 0.6) is 0 Å². The maximum Gasteiger partial charge on any atom is 0.327 e. The van der Waals surface area contributed by atoms with E-state index in [9.17, 15) is 14.4 Å². The van der Waals surface area contributed by atoms with E-state index in [1.54, 1.807) is 6.92 Å². The Labute approximate surface area is 126 Å². The van der Waals surface area contributed by atoms with Crippen LogP contribution in [0.3, 0.4) is 0 Å². The number of halogens is 1. The molecule has 1 heterocycles. The second-order valence-electron chi connectivity index (χ2n) is 3.89. The first-order chi connectivity index (χ1) is 9.99. The fraction of sp³-hybridized carbons (Fsp3) is 0.500. The first-order valence-electron chi connectivity index (χ1n) is 6.21. The fourth-order valence-corrected chi connectivity index (χ4v) is 1.63. The lowest BCUT2D eigenvalue weighted by molar-refractivity contribution is -0.143. The Morgan fingerprint density at radius 3 is 2.76 bits per heavy atom. The Morgan fingerprint density at radius 1 is 1.43 bits per heavy atom. The molecule has 0 fully saturated rings. The standard InChI is InChI=1S/C12H16ClN3O5/c1-3-21-9(17)4-5-14-8-6-15-16(7-10(18)20-2)12(19)11(8)13/h6,14H,3-5,7H2,1-2H3. The molecule has 0 amide bonds. The van der Waals surface area contributed by atoms with Crippen molar-refractivity contribution in [2.45, 2.75) is 19.9 Å². The SMILES string of the molecule is CCOC(=O)CCNc1cnn(CC(=O)OC)c(=O)c1Cl. The summed E-state index contributed by atoms with van der Waals surface area (Å²) in [6.07, 6.45) is 1.44. The molecular formula is C12H16ClN3O5. The molecule has 0 unspecified atom stereocenters. The minimum Gasteiger partial charge on any atom is -0.468 e. The van der Waals surface area contributed by atoms with Crippen LogP contribution >= 0.6 is 11.6 Å². The summed E-state index contributed by atoms with van der Waals surface area (Å²) >= 11 is 5.90. The van der Waals surface area contributed by atoms with Gasteiger partial charge in [0.05, 0.1) is 32.0 Å². The van der Waals surface area contributed by atoms with Crippen molar-refractivity contribution >= 4 is 29.2 Å². The van der Waals surface area contributed by atoms with Crippen molar-refractivity contribution in [1.29, 1.82) is 0 Å². The van der Waals surface area contributed by atoms with Crippen LogP contribution in [-0.4, -0.2) is 42.0 Å². The van der Waals surface area contributed by atoms with E-state index in [4.69, 9.17) is 16.3 Å². The number of rotatable bonds is 7. The third kappa shape index (κ3) is 5.07. The first-order valence-corrected chi connectivity index (χ1v) is 6.59. The van der Waals surface area contributed by atoms with E-state index in [1.807, 2.05) is 0 Å². The number of ether oxygens (including phenoxy) is 2. The summed E-state index contributed by atoms with van der Waals surface area (Å²) in [5.74, 6) is -0.961. The molecule has 0 aromatic carbocycles. The molecular weight excluding hydrogens is 302 g/mol. The van der Waals surface area contributed by atoms with Crippen LogP contribution in [-0.2, 0) is 25.6 Å². The van der Waals surface area contributed by atoms with Crippen molar-refractivity contribution < 1.29 is 19.1 Å². The molecule has 1 aromatic rings. The second-order valence-corrected chi connectivity index (χ2v) is 4.27. The van der Waals surface area contributed by atoms with Gasteiger partial charge in [-0.25, -0.2) is 4.68 Å². The third-order valence-corrected chi connectivity index (χ3v) is 2.81. The van der Waals surface area contributed by atoms with E-state index in [1.165, 1.54) is 13.3 Å². The molecule has 0 aliphatic carbocycles. The molecule has 1 rings (SSSR count). The second kappa shape index (κ2) is 8.25. The van der Waals surface area contributed by atoms with Crippen LogP contribution in [0.25, 0.3) is 0 Å². The van der Waals surface area contributed by atoms with E-state index < -0.39 is 11.5 Å². The number of nitrogens with zero attached hydrogens (tertiary/aromatic N) is 2. The van der Waals surface area contributed by atoms with Crippen molar-refractivity contribution in [3.05, 3.63) is 21.6 Å². The smallest absolute Gasteiger partial charge is 0.327 e. The molecule has 21 heavy (non-hydrogen) atoms. The van der Waals surface area contributed by atoms with Crippen LogP contribution in [0.1, 0.15) is 13.3 Å². The van der Waals surface area contributed by atoms with E-state index in [0.717, 1.165) is 4.68 Å². The zero-order valence-corrected chi connectivity index (χ0v) is 12.5. The molecule has 0 aliphatic rings. The average Bonchev–Trinajstić information content (AvgIpc) is 2.46. The molecule has 116 valence electrons. The zero-order chi connectivity index (χ0) is 15.8. The first kappa shape index (κ1) is 17.0. The summed E-state index contributed by atoms with van der Waals surface area (Å²) < 4.78 is 10.1. The van der Waals surface area contributed by atoms with Gasteiger partial charge in [0.1, 0.15) is 11.6 Å². The number of hydrogen-bond donors (Lipinski definition) is 1. The fourth-order valence-electron chi connectivity index (χ4n) is 1.42. The molecule has 0 saturated carbocycles. The van der Waals surface area contributed by atoms with Crippen LogP contribution in [0.15, 0.2) is 11.0 Å². The van der Waals surface area contributed by atoms with Gasteiger partial charge in [-0.2, -0.15) is 5.10 Å². The van der Waals surface area contributed by atoms with E-state index in [0.29, 0.717) is 6.61 Å². The highest BCUT2D eigenvalue weighted by atomic mass is 35.5. The molecule has 9 heteroatoms. The van der Waals surface area contributed by atoms with Crippen molar-refractivity contribution in [3.8, 4) is 0 Å². The highest BCUT2D eigenvalue weighted by Crippen LogP contribution is 2.15. The molecule has 1 aromatic heterocycles. The normalized spacial score (nSPS) is 10.0. The topological polar surface area (TPSA) is 99.5 Å². The largest absolute Gasteiger partial charge is 0.468 e. The van der Waals surface area contributed by atoms with Crippen molar-refractivity contribution in [2.75, 3.05) is 25.6 Å². The van der Waals surface area contributed by atoms with Gasteiger partial charge in [0.2, 0.25) is 0 Å². The quantitative estimate of drug-likeness (QED) is 0.728. The van der Waals surface area contributed by atoms with Gasteiger partial charge >= 0.3 is 11.9 Å². The Morgan fingerprint density at radius 2 is 2.14 bits per heavy atom. The summed E-state index contributed by atoms with van der Waals surface area (Å²) in [5, 5.41) is 6.50. The molecule has 8 nitrogen and oxygen atoms in total. The number of nitrogens with one attached hydrogen (secondary N) is 1. The average molecular weight is 318 g/mol. The van der Waals surface area contributed by atoms with Gasteiger partial charge in [-0.05, 0) is 6.92 Å². The van der Waals surface area contributed by atoms with Crippen LogP contribution in [0, 0.1) is 0 Å². The van der Waals surface area contributed by atoms with Crippen LogP contribution in [0.2, 0.25) is 5.02 Å². The molecule has 0 spiro atoms. The highest BCUT2D eigenvalue weighted by Gasteiger charge is 2.12. The van der Waals surface area contributed by atoms with Gasteiger partial charge in [-0.15, -0.1) is 0 Å². The van der Waals surface area contributed by atoms with E-state index in [2.05, 4.69) is 15.2 Å². The lowest BCUT2D eigenvalue weighted by Gasteiger charge is -2.09. The maximum atomic E-state index is 11.9. The molecule has 0 saturated heterocycles. The number of carbonyl (C=O) groups is 2. The van der Waals surface area contributed by atoms with Gasteiger partial charge in [-0.3, -0.25) is 14.4 Å². The third-order valence-electron chi connectivity index (χ3n) is 2.44. The molecule has 0 radical (unpaired) electrons. The van der Waals surface area contributed by atoms with Crippen molar-refractivity contribution in [2.24, 2.45) is 0 Å². The summed E-state index contributed by atoms with van der Waals surface area (Å²) in [7, 11) is 1.21. The van der Waals surface area contributed by atoms with Crippen LogP contribution < -0.4 is 10.9 Å². The highest BCUT2D eigenvalue weighted by molar-refractivity contribution is 6.32. The summed E-state index contributed by atoms with van der Waals surface area (Å²) in [4.78, 5) is 34.1. The Kier molecular flexibility index (Phi) is 6.67.